The first-order valence-electron chi connectivity index (χ1n) is 10.4. The largest absolute Gasteiger partial charge is 0.490 e. The third-order valence-corrected chi connectivity index (χ3v) is 5.97. The van der Waals surface area contributed by atoms with Gasteiger partial charge in [0.05, 0.1) is 19.8 Å². The van der Waals surface area contributed by atoms with Gasteiger partial charge in [0, 0.05) is 11.6 Å². The summed E-state index contributed by atoms with van der Waals surface area (Å²) in [6.07, 6.45) is 5.29. The Balaban J connectivity index is 1.78. The van der Waals surface area contributed by atoms with Crippen molar-refractivity contribution in [3.05, 3.63) is 17.7 Å². The number of nitrogens with one attached hydrogen (secondary N) is 1. The van der Waals surface area contributed by atoms with Crippen molar-refractivity contribution >= 4 is 5.91 Å². The van der Waals surface area contributed by atoms with Crippen molar-refractivity contribution in [2.45, 2.75) is 59.4 Å². The van der Waals surface area contributed by atoms with Crippen LogP contribution in [-0.4, -0.2) is 31.8 Å². The molecule has 3 rings (SSSR count). The Morgan fingerprint density at radius 1 is 1.04 bits per heavy atom. The van der Waals surface area contributed by atoms with Crippen LogP contribution in [0.4, 0.5) is 0 Å². The zero-order valence-electron chi connectivity index (χ0n) is 17.0. The maximum absolute atomic E-state index is 12.9. The molecule has 0 saturated heterocycles. The maximum Gasteiger partial charge on any atom is 0.251 e. The number of fused-ring (bicyclic) bond motifs is 2. The van der Waals surface area contributed by atoms with E-state index in [2.05, 4.69) is 12.2 Å². The molecule has 2 bridgehead atoms. The second-order valence-electron chi connectivity index (χ2n) is 7.70. The Kier molecular flexibility index (Phi) is 6.51. The third kappa shape index (κ3) is 4.33. The monoisotopic (exact) mass is 375 g/mol. The van der Waals surface area contributed by atoms with Crippen molar-refractivity contribution in [3.8, 4) is 17.2 Å². The number of amides is 1. The van der Waals surface area contributed by atoms with Gasteiger partial charge < -0.3 is 19.5 Å². The molecule has 1 aromatic rings. The average molecular weight is 376 g/mol. The predicted octanol–water partition coefficient (Wildman–Crippen LogP) is 4.44. The first-order chi connectivity index (χ1) is 13.1. The lowest BCUT2D eigenvalue weighted by molar-refractivity contribution is 0.0914. The fourth-order valence-corrected chi connectivity index (χ4v) is 4.82. The number of rotatable bonds is 9. The second kappa shape index (κ2) is 8.85. The minimum atomic E-state index is -0.0739. The fourth-order valence-electron chi connectivity index (χ4n) is 4.82. The molecule has 0 unspecified atom stereocenters. The van der Waals surface area contributed by atoms with Crippen LogP contribution in [0.2, 0.25) is 0 Å². The molecule has 2 aliphatic carbocycles. The highest BCUT2D eigenvalue weighted by Crippen LogP contribution is 2.49. The first kappa shape index (κ1) is 19.8. The van der Waals surface area contributed by atoms with Gasteiger partial charge in [0.15, 0.2) is 11.5 Å². The maximum atomic E-state index is 12.9. The van der Waals surface area contributed by atoms with Gasteiger partial charge in [0.25, 0.3) is 5.91 Å². The number of carbonyl (C=O) groups is 1. The van der Waals surface area contributed by atoms with Gasteiger partial charge in [-0.15, -0.1) is 0 Å². The number of hydrogen-bond donors (Lipinski definition) is 1. The molecule has 0 spiro atoms. The number of hydrogen-bond acceptors (Lipinski definition) is 4. The van der Waals surface area contributed by atoms with Crippen LogP contribution in [0.3, 0.4) is 0 Å². The highest BCUT2D eigenvalue weighted by atomic mass is 16.5. The van der Waals surface area contributed by atoms with E-state index in [1.54, 1.807) is 12.1 Å². The zero-order valence-corrected chi connectivity index (χ0v) is 17.0. The molecule has 27 heavy (non-hydrogen) atoms. The van der Waals surface area contributed by atoms with Crippen LogP contribution in [0.25, 0.3) is 0 Å². The van der Waals surface area contributed by atoms with Crippen molar-refractivity contribution in [3.63, 3.8) is 0 Å². The van der Waals surface area contributed by atoms with Gasteiger partial charge in [-0.1, -0.05) is 6.42 Å². The molecule has 0 radical (unpaired) electrons. The molecule has 0 heterocycles. The smallest absolute Gasteiger partial charge is 0.251 e. The summed E-state index contributed by atoms with van der Waals surface area (Å²) in [7, 11) is 0. The summed E-state index contributed by atoms with van der Waals surface area (Å²) in [6.45, 7) is 9.40. The predicted molar refractivity (Wildman–Crippen MR) is 106 cm³/mol. The first-order valence-corrected chi connectivity index (χ1v) is 10.4. The Morgan fingerprint density at radius 3 is 2.15 bits per heavy atom. The SMILES string of the molecule is CCOc1cc(C(=O)N[C@@H](C)[C@H]2C[C@@H]3CC[C@@H]2C3)cc(OCC)c1OCC. The molecule has 2 saturated carbocycles. The van der Waals surface area contributed by atoms with Crippen LogP contribution in [0.5, 0.6) is 17.2 Å². The van der Waals surface area contributed by atoms with Crippen molar-refractivity contribution < 1.29 is 19.0 Å². The van der Waals surface area contributed by atoms with Gasteiger partial charge in [-0.05, 0) is 76.8 Å². The molecule has 1 aromatic carbocycles. The molecule has 0 aliphatic heterocycles. The minimum absolute atomic E-state index is 0.0739. The van der Waals surface area contributed by atoms with E-state index in [4.69, 9.17) is 14.2 Å². The van der Waals surface area contributed by atoms with Crippen LogP contribution >= 0.6 is 0 Å². The number of benzene rings is 1. The molecular formula is C22H33NO4. The summed E-state index contributed by atoms with van der Waals surface area (Å²) in [5.41, 5.74) is 0.556. The average Bonchev–Trinajstić information content (AvgIpc) is 3.28. The Hall–Kier alpha value is -1.91. The number of carbonyl (C=O) groups excluding carboxylic acids is 1. The molecule has 5 nitrogen and oxygen atoms in total. The van der Waals surface area contributed by atoms with Crippen molar-refractivity contribution in [2.24, 2.45) is 17.8 Å². The van der Waals surface area contributed by atoms with Gasteiger partial charge in [-0.25, -0.2) is 0 Å². The molecular weight excluding hydrogens is 342 g/mol. The second-order valence-corrected chi connectivity index (χ2v) is 7.70. The van der Waals surface area contributed by atoms with Gasteiger partial charge in [0.2, 0.25) is 5.75 Å². The van der Waals surface area contributed by atoms with E-state index in [0.29, 0.717) is 48.6 Å². The van der Waals surface area contributed by atoms with Gasteiger partial charge in [-0.3, -0.25) is 4.79 Å². The normalized spacial score (nSPS) is 24.5. The fraction of sp³-hybridized carbons (Fsp3) is 0.682. The number of ether oxygens (including phenoxy) is 3. The molecule has 150 valence electrons. The lowest BCUT2D eigenvalue weighted by Crippen LogP contribution is -2.40. The molecule has 1 N–H and O–H groups in total. The van der Waals surface area contributed by atoms with Crippen LogP contribution in [0.1, 0.15) is 63.7 Å². The van der Waals surface area contributed by atoms with Crippen LogP contribution in [0, 0.1) is 17.8 Å². The lowest BCUT2D eigenvalue weighted by atomic mass is 9.84. The zero-order chi connectivity index (χ0) is 19.4. The van der Waals surface area contributed by atoms with E-state index in [0.717, 1.165) is 11.8 Å². The van der Waals surface area contributed by atoms with Crippen molar-refractivity contribution in [1.29, 1.82) is 0 Å². The summed E-state index contributed by atoms with van der Waals surface area (Å²) < 4.78 is 17.2. The van der Waals surface area contributed by atoms with Crippen molar-refractivity contribution in [1.82, 2.24) is 5.32 Å². The summed E-state index contributed by atoms with van der Waals surface area (Å²) >= 11 is 0. The van der Waals surface area contributed by atoms with Gasteiger partial charge in [-0.2, -0.15) is 0 Å². The van der Waals surface area contributed by atoms with Crippen LogP contribution in [-0.2, 0) is 0 Å². The van der Waals surface area contributed by atoms with E-state index in [-0.39, 0.29) is 11.9 Å². The topological polar surface area (TPSA) is 56.8 Å². The van der Waals surface area contributed by atoms with E-state index >= 15 is 0 Å². The third-order valence-electron chi connectivity index (χ3n) is 5.97. The van der Waals surface area contributed by atoms with Crippen molar-refractivity contribution in [2.75, 3.05) is 19.8 Å². The molecule has 2 fully saturated rings. The highest BCUT2D eigenvalue weighted by Gasteiger charge is 2.42. The highest BCUT2D eigenvalue weighted by molar-refractivity contribution is 5.95. The van der Waals surface area contributed by atoms with Gasteiger partial charge in [0.1, 0.15) is 0 Å². The summed E-state index contributed by atoms with van der Waals surface area (Å²) in [5.74, 6) is 3.87. The lowest BCUT2D eigenvalue weighted by Gasteiger charge is -2.28. The minimum Gasteiger partial charge on any atom is -0.490 e. The molecule has 5 heteroatoms. The summed E-state index contributed by atoms with van der Waals surface area (Å²) in [5, 5.41) is 3.22. The molecule has 2 aliphatic rings. The van der Waals surface area contributed by atoms with Crippen LogP contribution < -0.4 is 19.5 Å². The summed E-state index contributed by atoms with van der Waals surface area (Å²) in [6, 6.07) is 3.71. The molecule has 4 atom stereocenters. The van der Waals surface area contributed by atoms with E-state index in [1.807, 2.05) is 20.8 Å². The summed E-state index contributed by atoms with van der Waals surface area (Å²) in [4.78, 5) is 12.9. The Morgan fingerprint density at radius 2 is 1.67 bits per heavy atom. The standard InChI is InChI=1S/C22H33NO4/c1-5-25-19-12-17(13-20(26-6-2)21(19)27-7-3)22(24)23-14(4)18-11-15-8-9-16(18)10-15/h12-16,18H,5-11H2,1-4H3,(H,23,24)/t14-,15+,16+,18+/m0/s1. The van der Waals surface area contributed by atoms with E-state index in [1.165, 1.54) is 25.7 Å². The van der Waals surface area contributed by atoms with E-state index < -0.39 is 0 Å². The molecule has 1 amide bonds. The quantitative estimate of drug-likeness (QED) is 0.693. The van der Waals surface area contributed by atoms with Crippen LogP contribution in [0.15, 0.2) is 12.1 Å². The Bertz CT molecular complexity index is 633. The molecule has 0 aromatic heterocycles. The van der Waals surface area contributed by atoms with E-state index in [9.17, 15) is 4.79 Å². The Labute approximate surface area is 162 Å². The van der Waals surface area contributed by atoms with Gasteiger partial charge >= 0.3 is 0 Å².